The molecule has 0 saturated carbocycles. The molecule has 4 nitrogen and oxygen atoms in total. The maximum Gasteiger partial charge on any atom is 0.222 e. The van der Waals surface area contributed by atoms with Gasteiger partial charge in [-0.1, -0.05) is 29.8 Å². The Labute approximate surface area is 132 Å². The molecule has 1 atom stereocenters. The first kappa shape index (κ1) is 14.8. The third-order valence-corrected chi connectivity index (χ3v) is 5.18. The molecular weight excluding hydrogens is 308 g/mol. The molecule has 1 aliphatic heterocycles. The van der Waals surface area contributed by atoms with Gasteiger partial charge in [-0.2, -0.15) is 0 Å². The smallest absolute Gasteiger partial charge is 0.222 e. The fourth-order valence-corrected chi connectivity index (χ4v) is 3.83. The standard InChI is InChI=1S/C15H17ClN2O2S/c16-15-11-3-1-2-4-12(11)21-13(15)9-18-14(19)7-10-8-17-5-6-20-10/h1-4,10,17H,5-9H2,(H,18,19)/t10-/m1/s1. The van der Waals surface area contributed by atoms with E-state index in [1.54, 1.807) is 11.3 Å². The van der Waals surface area contributed by atoms with Crippen LogP contribution >= 0.6 is 22.9 Å². The molecule has 1 aliphatic rings. The first-order valence-corrected chi connectivity index (χ1v) is 8.18. The monoisotopic (exact) mass is 324 g/mol. The lowest BCUT2D eigenvalue weighted by atomic mass is 10.2. The molecule has 3 rings (SSSR count). The van der Waals surface area contributed by atoms with Crippen LogP contribution in [0.15, 0.2) is 24.3 Å². The Kier molecular flexibility index (Phi) is 4.75. The van der Waals surface area contributed by atoms with E-state index >= 15 is 0 Å². The quantitative estimate of drug-likeness (QED) is 0.908. The molecule has 1 amide bonds. The van der Waals surface area contributed by atoms with Gasteiger partial charge < -0.3 is 15.4 Å². The summed E-state index contributed by atoms with van der Waals surface area (Å²) in [6.45, 7) is 2.73. The van der Waals surface area contributed by atoms with Crippen LogP contribution in [0.2, 0.25) is 5.02 Å². The molecule has 1 saturated heterocycles. The zero-order valence-corrected chi connectivity index (χ0v) is 13.1. The van der Waals surface area contributed by atoms with E-state index in [4.69, 9.17) is 16.3 Å². The zero-order valence-electron chi connectivity index (χ0n) is 11.5. The summed E-state index contributed by atoms with van der Waals surface area (Å²) < 4.78 is 6.67. The van der Waals surface area contributed by atoms with Gasteiger partial charge >= 0.3 is 0 Å². The molecule has 0 unspecified atom stereocenters. The molecule has 0 spiro atoms. The Morgan fingerprint density at radius 3 is 3.10 bits per heavy atom. The van der Waals surface area contributed by atoms with E-state index in [-0.39, 0.29) is 12.0 Å². The molecule has 0 aliphatic carbocycles. The molecule has 6 heteroatoms. The third-order valence-electron chi connectivity index (χ3n) is 3.47. The second-order valence-corrected chi connectivity index (χ2v) is 6.53. The van der Waals surface area contributed by atoms with Crippen molar-refractivity contribution in [3.63, 3.8) is 0 Å². The number of rotatable bonds is 4. The number of hydrogen-bond acceptors (Lipinski definition) is 4. The summed E-state index contributed by atoms with van der Waals surface area (Å²) in [5, 5.41) is 7.94. The minimum atomic E-state index is -0.0309. The molecule has 2 heterocycles. The van der Waals surface area contributed by atoms with E-state index in [0.717, 1.165) is 33.1 Å². The number of benzene rings is 1. The Morgan fingerprint density at radius 1 is 1.48 bits per heavy atom. The van der Waals surface area contributed by atoms with Gasteiger partial charge in [-0.25, -0.2) is 0 Å². The highest BCUT2D eigenvalue weighted by atomic mass is 35.5. The third kappa shape index (κ3) is 3.55. The average Bonchev–Trinajstić information content (AvgIpc) is 2.83. The maximum absolute atomic E-state index is 12.0. The molecule has 21 heavy (non-hydrogen) atoms. The van der Waals surface area contributed by atoms with Gasteiger partial charge in [0, 0.05) is 28.1 Å². The number of hydrogen-bond donors (Lipinski definition) is 2. The minimum Gasteiger partial charge on any atom is -0.375 e. The SMILES string of the molecule is O=C(C[C@@H]1CNCCO1)NCc1sc2ccccc2c1Cl. The number of nitrogens with one attached hydrogen (secondary N) is 2. The van der Waals surface area contributed by atoms with E-state index in [0.29, 0.717) is 19.6 Å². The van der Waals surface area contributed by atoms with Gasteiger partial charge in [-0.15, -0.1) is 11.3 Å². The van der Waals surface area contributed by atoms with Gasteiger partial charge in [0.2, 0.25) is 5.91 Å². The summed E-state index contributed by atoms with van der Waals surface area (Å²) in [5.74, 6) is -0.00257. The highest BCUT2D eigenvalue weighted by Crippen LogP contribution is 2.34. The van der Waals surface area contributed by atoms with Crippen LogP contribution in [0.3, 0.4) is 0 Å². The minimum absolute atomic E-state index is 0.00257. The second-order valence-electron chi connectivity index (χ2n) is 5.01. The van der Waals surface area contributed by atoms with Crippen molar-refractivity contribution >= 4 is 38.9 Å². The van der Waals surface area contributed by atoms with Gasteiger partial charge in [-0.05, 0) is 6.07 Å². The lowest BCUT2D eigenvalue weighted by molar-refractivity contribution is -0.124. The summed E-state index contributed by atoms with van der Waals surface area (Å²) in [4.78, 5) is 12.9. The fraction of sp³-hybridized carbons (Fsp3) is 0.400. The van der Waals surface area contributed by atoms with E-state index in [1.807, 2.05) is 24.3 Å². The number of carbonyl (C=O) groups is 1. The summed E-state index contributed by atoms with van der Waals surface area (Å²) in [6, 6.07) is 8.00. The largest absolute Gasteiger partial charge is 0.375 e. The van der Waals surface area contributed by atoms with Gasteiger partial charge in [0.05, 0.1) is 30.7 Å². The number of carbonyl (C=O) groups excluding carboxylic acids is 1. The Morgan fingerprint density at radius 2 is 2.33 bits per heavy atom. The van der Waals surface area contributed by atoms with Crippen LogP contribution in [0.25, 0.3) is 10.1 Å². The Bertz CT molecular complexity index is 638. The van der Waals surface area contributed by atoms with Crippen LogP contribution in [0.5, 0.6) is 0 Å². The van der Waals surface area contributed by atoms with Gasteiger partial charge in [0.15, 0.2) is 0 Å². The van der Waals surface area contributed by atoms with Crippen molar-refractivity contribution in [1.29, 1.82) is 0 Å². The number of amides is 1. The van der Waals surface area contributed by atoms with E-state index in [2.05, 4.69) is 10.6 Å². The first-order valence-electron chi connectivity index (χ1n) is 6.99. The van der Waals surface area contributed by atoms with E-state index < -0.39 is 0 Å². The lowest BCUT2D eigenvalue weighted by Crippen LogP contribution is -2.41. The van der Waals surface area contributed by atoms with Crippen molar-refractivity contribution < 1.29 is 9.53 Å². The number of halogens is 1. The first-order chi connectivity index (χ1) is 10.2. The number of morpholine rings is 1. The van der Waals surface area contributed by atoms with E-state index in [9.17, 15) is 4.79 Å². The summed E-state index contributed by atoms with van der Waals surface area (Å²) >= 11 is 7.98. The molecular formula is C15H17ClN2O2S. The number of thiophene rings is 1. The van der Waals surface area contributed by atoms with Crippen molar-refractivity contribution in [1.82, 2.24) is 10.6 Å². The van der Waals surface area contributed by atoms with Crippen LogP contribution < -0.4 is 10.6 Å². The molecule has 2 N–H and O–H groups in total. The molecule has 0 bridgehead atoms. The predicted molar refractivity (Wildman–Crippen MR) is 85.9 cm³/mol. The average molecular weight is 325 g/mol. The molecule has 1 fully saturated rings. The molecule has 1 aromatic heterocycles. The van der Waals surface area contributed by atoms with Crippen LogP contribution in [-0.2, 0) is 16.1 Å². The van der Waals surface area contributed by atoms with Crippen LogP contribution in [0, 0.1) is 0 Å². The lowest BCUT2D eigenvalue weighted by Gasteiger charge is -2.22. The molecule has 2 aromatic rings. The molecule has 1 aromatic carbocycles. The van der Waals surface area contributed by atoms with Crippen molar-refractivity contribution in [2.24, 2.45) is 0 Å². The summed E-state index contributed by atoms with van der Waals surface area (Å²) in [6.07, 6.45) is 0.354. The Balaban J connectivity index is 1.58. The fourth-order valence-electron chi connectivity index (χ4n) is 2.39. The number of fused-ring (bicyclic) bond motifs is 1. The topological polar surface area (TPSA) is 50.4 Å². The highest BCUT2D eigenvalue weighted by Gasteiger charge is 2.18. The highest BCUT2D eigenvalue weighted by molar-refractivity contribution is 7.19. The molecule has 0 radical (unpaired) electrons. The summed E-state index contributed by atoms with van der Waals surface area (Å²) in [7, 11) is 0. The van der Waals surface area contributed by atoms with Gasteiger partial charge in [-0.3, -0.25) is 4.79 Å². The van der Waals surface area contributed by atoms with Crippen LogP contribution in [0.4, 0.5) is 0 Å². The van der Waals surface area contributed by atoms with Gasteiger partial charge in [0.25, 0.3) is 0 Å². The molecule has 112 valence electrons. The normalized spacial score (nSPS) is 18.8. The summed E-state index contributed by atoms with van der Waals surface area (Å²) in [5.41, 5.74) is 0. The Hall–Kier alpha value is -1.14. The van der Waals surface area contributed by atoms with E-state index in [1.165, 1.54) is 0 Å². The van der Waals surface area contributed by atoms with Gasteiger partial charge in [0.1, 0.15) is 0 Å². The van der Waals surface area contributed by atoms with Crippen LogP contribution in [0.1, 0.15) is 11.3 Å². The number of ether oxygens (including phenoxy) is 1. The van der Waals surface area contributed by atoms with Crippen molar-refractivity contribution in [3.05, 3.63) is 34.2 Å². The maximum atomic E-state index is 12.0. The second kappa shape index (κ2) is 6.75. The zero-order chi connectivity index (χ0) is 14.7. The van der Waals surface area contributed by atoms with Crippen molar-refractivity contribution in [2.75, 3.05) is 19.7 Å². The van der Waals surface area contributed by atoms with Crippen LogP contribution in [-0.4, -0.2) is 31.7 Å². The van der Waals surface area contributed by atoms with Crippen molar-refractivity contribution in [2.45, 2.75) is 19.1 Å². The van der Waals surface area contributed by atoms with Crippen molar-refractivity contribution in [3.8, 4) is 0 Å². The predicted octanol–water partition coefficient (Wildman–Crippen LogP) is 2.55.